The van der Waals surface area contributed by atoms with Crippen LogP contribution in [0.25, 0.3) is 0 Å². The van der Waals surface area contributed by atoms with Crippen molar-refractivity contribution >= 4 is 23.5 Å². The Hall–Kier alpha value is -2.43. The minimum atomic E-state index is -0.447. The van der Waals surface area contributed by atoms with Gasteiger partial charge in [-0.15, -0.1) is 5.10 Å². The van der Waals surface area contributed by atoms with Crippen molar-refractivity contribution in [1.29, 1.82) is 0 Å². The number of nitrogens with zero attached hydrogens (tertiary/aromatic N) is 2. The highest BCUT2D eigenvalue weighted by molar-refractivity contribution is 6.28. The molecule has 0 aliphatic carbocycles. The third kappa shape index (κ3) is 2.15. The van der Waals surface area contributed by atoms with Crippen LogP contribution < -0.4 is 5.01 Å². The van der Waals surface area contributed by atoms with E-state index in [2.05, 4.69) is 11.7 Å². The highest BCUT2D eigenvalue weighted by atomic mass is 16.5. The van der Waals surface area contributed by atoms with Gasteiger partial charge < -0.3 is 4.74 Å². The predicted octanol–water partition coefficient (Wildman–Crippen LogP) is 1.86. The molecule has 1 aromatic carbocycles. The molecule has 2 rings (SSSR count). The van der Waals surface area contributed by atoms with Gasteiger partial charge >= 0.3 is 5.97 Å². The second kappa shape index (κ2) is 4.83. The van der Waals surface area contributed by atoms with E-state index in [4.69, 9.17) is 4.74 Å². The molecule has 0 spiro atoms. The van der Waals surface area contributed by atoms with Crippen molar-refractivity contribution in [2.45, 2.75) is 13.3 Å². The standard InChI is InChI=1S/C13H12N2O3/c1-3-11(16)18-12-9(2)13(17)15(14-12)10-7-5-4-6-8-10/h4-8H,2-3H2,1H3. The summed E-state index contributed by atoms with van der Waals surface area (Å²) < 4.78 is 4.94. The highest BCUT2D eigenvalue weighted by Gasteiger charge is 2.32. The summed E-state index contributed by atoms with van der Waals surface area (Å²) in [6.07, 6.45) is 0.214. The molecule has 1 amide bonds. The zero-order chi connectivity index (χ0) is 13.1. The van der Waals surface area contributed by atoms with E-state index < -0.39 is 5.97 Å². The fourth-order valence-electron chi connectivity index (χ4n) is 1.42. The van der Waals surface area contributed by atoms with Gasteiger partial charge in [0.25, 0.3) is 11.8 Å². The largest absolute Gasteiger partial charge is 0.405 e. The Kier molecular flexibility index (Phi) is 3.23. The first-order chi connectivity index (χ1) is 8.63. The highest BCUT2D eigenvalue weighted by Crippen LogP contribution is 2.22. The van der Waals surface area contributed by atoms with Crippen molar-refractivity contribution in [2.24, 2.45) is 5.10 Å². The molecular formula is C13H12N2O3. The number of esters is 1. The maximum absolute atomic E-state index is 11.9. The van der Waals surface area contributed by atoms with Crippen LogP contribution in [0.3, 0.4) is 0 Å². The molecule has 0 unspecified atom stereocenters. The molecule has 18 heavy (non-hydrogen) atoms. The number of ether oxygens (including phenoxy) is 1. The summed E-state index contributed by atoms with van der Waals surface area (Å²) in [6.45, 7) is 5.24. The Balaban J connectivity index is 2.26. The normalized spacial score (nSPS) is 14.7. The Morgan fingerprint density at radius 3 is 2.67 bits per heavy atom. The van der Waals surface area contributed by atoms with Gasteiger partial charge in [-0.1, -0.05) is 31.7 Å². The number of hydrogen-bond donors (Lipinski definition) is 0. The number of amides is 1. The van der Waals surface area contributed by atoms with Gasteiger partial charge in [0.1, 0.15) is 0 Å². The van der Waals surface area contributed by atoms with E-state index in [-0.39, 0.29) is 23.8 Å². The molecule has 1 aromatic rings. The Labute approximate surface area is 104 Å². The summed E-state index contributed by atoms with van der Waals surface area (Å²) in [7, 11) is 0. The van der Waals surface area contributed by atoms with Gasteiger partial charge in [-0.25, -0.2) is 0 Å². The van der Waals surface area contributed by atoms with Crippen LogP contribution in [-0.4, -0.2) is 17.8 Å². The fourth-order valence-corrected chi connectivity index (χ4v) is 1.42. The summed E-state index contributed by atoms with van der Waals surface area (Å²) in [5.41, 5.74) is 0.687. The van der Waals surface area contributed by atoms with Crippen LogP contribution in [0.5, 0.6) is 0 Å². The molecule has 0 aromatic heterocycles. The molecule has 1 heterocycles. The quantitative estimate of drug-likeness (QED) is 0.589. The van der Waals surface area contributed by atoms with Gasteiger partial charge in [0.15, 0.2) is 0 Å². The van der Waals surface area contributed by atoms with E-state index in [0.29, 0.717) is 5.69 Å². The second-order valence-corrected chi connectivity index (χ2v) is 3.66. The van der Waals surface area contributed by atoms with Gasteiger partial charge in [-0.3, -0.25) is 9.59 Å². The Bertz CT molecular complexity index is 534. The third-order valence-electron chi connectivity index (χ3n) is 2.40. The fraction of sp³-hybridized carbons (Fsp3) is 0.154. The number of hydrogen-bond acceptors (Lipinski definition) is 4. The lowest BCUT2D eigenvalue weighted by Crippen LogP contribution is -2.21. The Morgan fingerprint density at radius 2 is 2.06 bits per heavy atom. The van der Waals surface area contributed by atoms with Crippen molar-refractivity contribution in [2.75, 3.05) is 5.01 Å². The molecule has 92 valence electrons. The van der Waals surface area contributed by atoms with Crippen molar-refractivity contribution in [3.8, 4) is 0 Å². The molecular weight excluding hydrogens is 232 g/mol. The maximum atomic E-state index is 11.9. The van der Waals surface area contributed by atoms with Crippen LogP contribution in [0.15, 0.2) is 47.6 Å². The average Bonchev–Trinajstić information content (AvgIpc) is 2.68. The molecule has 0 saturated carbocycles. The van der Waals surface area contributed by atoms with Crippen molar-refractivity contribution in [3.63, 3.8) is 0 Å². The minimum Gasteiger partial charge on any atom is -0.405 e. The number of para-hydroxylation sites is 1. The van der Waals surface area contributed by atoms with E-state index in [1.807, 2.05) is 6.07 Å². The van der Waals surface area contributed by atoms with E-state index in [0.717, 1.165) is 0 Å². The average molecular weight is 244 g/mol. The van der Waals surface area contributed by atoms with Gasteiger partial charge in [0.05, 0.1) is 11.3 Å². The monoisotopic (exact) mass is 244 g/mol. The van der Waals surface area contributed by atoms with Crippen LogP contribution in [0.2, 0.25) is 0 Å². The topological polar surface area (TPSA) is 59.0 Å². The van der Waals surface area contributed by atoms with Gasteiger partial charge in [-0.2, -0.15) is 5.01 Å². The molecule has 0 N–H and O–H groups in total. The molecule has 5 heteroatoms. The van der Waals surface area contributed by atoms with E-state index in [1.54, 1.807) is 31.2 Å². The van der Waals surface area contributed by atoms with E-state index in [9.17, 15) is 9.59 Å². The molecule has 0 radical (unpaired) electrons. The maximum Gasteiger partial charge on any atom is 0.312 e. The van der Waals surface area contributed by atoms with Crippen LogP contribution >= 0.6 is 0 Å². The van der Waals surface area contributed by atoms with Crippen LogP contribution in [0.4, 0.5) is 5.69 Å². The van der Waals surface area contributed by atoms with Crippen LogP contribution in [-0.2, 0) is 14.3 Å². The molecule has 0 bridgehead atoms. The third-order valence-corrected chi connectivity index (χ3v) is 2.40. The van der Waals surface area contributed by atoms with Crippen molar-refractivity contribution in [1.82, 2.24) is 0 Å². The number of benzene rings is 1. The van der Waals surface area contributed by atoms with Crippen LogP contribution in [0, 0.1) is 0 Å². The summed E-state index contributed by atoms with van der Waals surface area (Å²) in [4.78, 5) is 23.1. The lowest BCUT2D eigenvalue weighted by Gasteiger charge is -2.09. The first-order valence-electron chi connectivity index (χ1n) is 5.51. The molecule has 0 atom stereocenters. The summed E-state index contributed by atoms with van der Waals surface area (Å²) in [5, 5.41) is 5.13. The number of carbonyl (C=O) groups is 2. The van der Waals surface area contributed by atoms with Gasteiger partial charge in [0, 0.05) is 6.42 Å². The summed E-state index contributed by atoms with van der Waals surface area (Å²) in [5.74, 6) is -0.867. The van der Waals surface area contributed by atoms with Gasteiger partial charge in [-0.05, 0) is 12.1 Å². The molecule has 5 nitrogen and oxygen atoms in total. The van der Waals surface area contributed by atoms with E-state index >= 15 is 0 Å². The predicted molar refractivity (Wildman–Crippen MR) is 66.9 cm³/mol. The van der Waals surface area contributed by atoms with E-state index in [1.165, 1.54) is 5.01 Å². The summed E-state index contributed by atoms with van der Waals surface area (Å²) >= 11 is 0. The van der Waals surface area contributed by atoms with Gasteiger partial charge in [0.2, 0.25) is 0 Å². The number of rotatable bonds is 2. The zero-order valence-electron chi connectivity index (χ0n) is 9.92. The minimum absolute atomic E-state index is 0.0318. The SMILES string of the molecule is C=C1C(=O)N(c2ccccc2)N=C1OC(=O)CC. The zero-order valence-corrected chi connectivity index (χ0v) is 9.92. The van der Waals surface area contributed by atoms with Crippen LogP contribution in [0.1, 0.15) is 13.3 Å². The number of carbonyl (C=O) groups excluding carboxylic acids is 2. The lowest BCUT2D eigenvalue weighted by molar-refractivity contribution is -0.135. The Morgan fingerprint density at radius 1 is 1.39 bits per heavy atom. The van der Waals surface area contributed by atoms with Crippen molar-refractivity contribution in [3.05, 3.63) is 42.5 Å². The first kappa shape index (κ1) is 12.0. The number of anilines is 1. The molecule has 1 aliphatic heterocycles. The molecule has 1 aliphatic rings. The smallest absolute Gasteiger partial charge is 0.312 e. The van der Waals surface area contributed by atoms with Crippen molar-refractivity contribution < 1.29 is 14.3 Å². The number of hydrazone groups is 1. The molecule has 0 fully saturated rings. The lowest BCUT2D eigenvalue weighted by atomic mass is 10.2. The molecule has 0 saturated heterocycles. The summed E-state index contributed by atoms with van der Waals surface area (Å²) in [6, 6.07) is 8.88. The first-order valence-corrected chi connectivity index (χ1v) is 5.51. The second-order valence-electron chi connectivity index (χ2n) is 3.66.